The lowest BCUT2D eigenvalue weighted by atomic mass is 10.0. The summed E-state index contributed by atoms with van der Waals surface area (Å²) in [5.41, 5.74) is 4.68. The van der Waals surface area contributed by atoms with Crippen molar-refractivity contribution >= 4 is 9.84 Å². The third-order valence-electron chi connectivity index (χ3n) is 5.11. The van der Waals surface area contributed by atoms with Crippen LogP contribution in [0, 0.1) is 0 Å². The molecule has 0 fully saturated rings. The minimum atomic E-state index is -3.41. The topological polar surface area (TPSA) is 110 Å². The molecule has 0 amide bonds. The van der Waals surface area contributed by atoms with E-state index in [0.717, 1.165) is 40.9 Å². The van der Waals surface area contributed by atoms with Crippen LogP contribution in [0.3, 0.4) is 0 Å². The highest BCUT2D eigenvalue weighted by Crippen LogP contribution is 2.33. The largest absolute Gasteiger partial charge is 0.493 e. The molecule has 10 heteroatoms. The number of nitrogens with zero attached hydrogens (tertiary/aromatic N) is 4. The second-order valence-corrected chi connectivity index (χ2v) is 9.11. The number of rotatable bonds is 6. The van der Waals surface area contributed by atoms with Crippen LogP contribution in [0.4, 0.5) is 0 Å². The number of hydrogen-bond donors (Lipinski definition) is 1. The van der Waals surface area contributed by atoms with Gasteiger partial charge in [0, 0.05) is 55.2 Å². The van der Waals surface area contributed by atoms with E-state index >= 15 is 0 Å². The molecule has 0 unspecified atom stereocenters. The van der Waals surface area contributed by atoms with Crippen LogP contribution in [0.15, 0.2) is 35.7 Å². The second-order valence-electron chi connectivity index (χ2n) is 7.20. The fourth-order valence-electron chi connectivity index (χ4n) is 3.58. The molecule has 0 aliphatic carbocycles. The standard InChI is InChI=1S/C20H23N5O4S/c1-28-17-5-4-13(8-18(17)29-2)19-15(10-22-24-19)12-25-7-6-16-14(11-25)9-21-20(23-16)30(3,26)27/h4-5,8-10H,6-7,11-12H2,1-3H3,(H,22,24). The summed E-state index contributed by atoms with van der Waals surface area (Å²) in [4.78, 5) is 10.5. The molecule has 0 bridgehead atoms. The maximum absolute atomic E-state index is 11.7. The predicted octanol–water partition coefficient (Wildman–Crippen LogP) is 1.85. The molecule has 0 saturated carbocycles. The molecule has 3 aromatic rings. The Hall–Kier alpha value is -2.98. The molecule has 0 saturated heterocycles. The van der Waals surface area contributed by atoms with Gasteiger partial charge >= 0.3 is 0 Å². The van der Waals surface area contributed by atoms with Crippen molar-refractivity contribution in [2.24, 2.45) is 0 Å². The number of hydrogen-bond acceptors (Lipinski definition) is 8. The van der Waals surface area contributed by atoms with Gasteiger partial charge in [-0.2, -0.15) is 5.10 Å². The van der Waals surface area contributed by atoms with Gasteiger partial charge in [-0.05, 0) is 18.2 Å². The number of aromatic nitrogens is 4. The summed E-state index contributed by atoms with van der Waals surface area (Å²) in [6.07, 6.45) is 5.24. The van der Waals surface area contributed by atoms with Crippen molar-refractivity contribution in [1.82, 2.24) is 25.1 Å². The highest BCUT2D eigenvalue weighted by molar-refractivity contribution is 7.90. The lowest BCUT2D eigenvalue weighted by Crippen LogP contribution is -2.31. The summed E-state index contributed by atoms with van der Waals surface area (Å²) in [6, 6.07) is 5.75. The van der Waals surface area contributed by atoms with Gasteiger partial charge in [0.1, 0.15) is 0 Å². The Kier molecular flexibility index (Phi) is 5.44. The summed E-state index contributed by atoms with van der Waals surface area (Å²) in [5, 5.41) is 7.20. The number of nitrogens with one attached hydrogen (secondary N) is 1. The number of fused-ring (bicyclic) bond motifs is 1. The summed E-state index contributed by atoms with van der Waals surface area (Å²) in [5.74, 6) is 1.32. The van der Waals surface area contributed by atoms with E-state index in [9.17, 15) is 8.42 Å². The third-order valence-corrected chi connectivity index (χ3v) is 5.97. The Labute approximate surface area is 175 Å². The summed E-state index contributed by atoms with van der Waals surface area (Å²) in [7, 11) is -0.189. The van der Waals surface area contributed by atoms with Crippen LogP contribution in [0.2, 0.25) is 0 Å². The average molecular weight is 430 g/mol. The van der Waals surface area contributed by atoms with Crippen molar-refractivity contribution in [3.63, 3.8) is 0 Å². The van der Waals surface area contributed by atoms with Crippen LogP contribution < -0.4 is 9.47 Å². The van der Waals surface area contributed by atoms with Gasteiger partial charge in [0.2, 0.25) is 15.0 Å². The van der Waals surface area contributed by atoms with Gasteiger partial charge in [0.05, 0.1) is 31.8 Å². The number of aromatic amines is 1. The molecular weight excluding hydrogens is 406 g/mol. The van der Waals surface area contributed by atoms with E-state index in [4.69, 9.17) is 9.47 Å². The first-order valence-electron chi connectivity index (χ1n) is 9.41. The first-order chi connectivity index (χ1) is 14.4. The molecule has 9 nitrogen and oxygen atoms in total. The Morgan fingerprint density at radius 2 is 1.97 bits per heavy atom. The number of methoxy groups -OCH3 is 2. The van der Waals surface area contributed by atoms with Crippen molar-refractivity contribution in [3.05, 3.63) is 47.4 Å². The van der Waals surface area contributed by atoms with Crippen LogP contribution in [-0.4, -0.2) is 60.5 Å². The van der Waals surface area contributed by atoms with E-state index < -0.39 is 9.84 Å². The molecule has 158 valence electrons. The molecule has 3 heterocycles. The molecule has 2 aromatic heterocycles. The first kappa shape index (κ1) is 20.3. The van der Waals surface area contributed by atoms with E-state index in [0.29, 0.717) is 31.0 Å². The summed E-state index contributed by atoms with van der Waals surface area (Å²) in [6.45, 7) is 2.10. The van der Waals surface area contributed by atoms with E-state index in [-0.39, 0.29) is 5.16 Å². The second kappa shape index (κ2) is 8.04. The zero-order chi connectivity index (χ0) is 21.3. The van der Waals surface area contributed by atoms with Crippen molar-refractivity contribution in [2.75, 3.05) is 27.0 Å². The third kappa shape index (κ3) is 4.01. The van der Waals surface area contributed by atoms with Gasteiger partial charge < -0.3 is 9.47 Å². The molecule has 0 atom stereocenters. The maximum Gasteiger partial charge on any atom is 0.246 e. The molecule has 1 N–H and O–H groups in total. The minimum Gasteiger partial charge on any atom is -0.493 e. The number of benzene rings is 1. The molecule has 30 heavy (non-hydrogen) atoms. The van der Waals surface area contributed by atoms with Crippen molar-refractivity contribution in [1.29, 1.82) is 0 Å². The lowest BCUT2D eigenvalue weighted by Gasteiger charge is -2.27. The zero-order valence-corrected chi connectivity index (χ0v) is 17.9. The number of sulfone groups is 1. The normalized spacial score (nSPS) is 14.4. The highest BCUT2D eigenvalue weighted by Gasteiger charge is 2.22. The lowest BCUT2D eigenvalue weighted by molar-refractivity contribution is 0.242. The fourth-order valence-corrected chi connectivity index (χ4v) is 4.10. The Balaban J connectivity index is 1.54. The van der Waals surface area contributed by atoms with Crippen molar-refractivity contribution in [3.8, 4) is 22.8 Å². The van der Waals surface area contributed by atoms with Gasteiger partial charge in [-0.15, -0.1) is 0 Å². The van der Waals surface area contributed by atoms with Crippen LogP contribution >= 0.6 is 0 Å². The molecule has 0 radical (unpaired) electrons. The molecule has 1 aliphatic rings. The number of ether oxygens (including phenoxy) is 2. The van der Waals surface area contributed by atoms with Gasteiger partial charge in [0.15, 0.2) is 11.5 Å². The molecular formula is C20H23N5O4S. The molecule has 4 rings (SSSR count). The highest BCUT2D eigenvalue weighted by atomic mass is 32.2. The van der Waals surface area contributed by atoms with Gasteiger partial charge in [0.25, 0.3) is 0 Å². The molecule has 1 aromatic carbocycles. The van der Waals surface area contributed by atoms with E-state index in [1.807, 2.05) is 24.4 Å². The van der Waals surface area contributed by atoms with E-state index in [2.05, 4.69) is 25.1 Å². The maximum atomic E-state index is 11.7. The summed E-state index contributed by atoms with van der Waals surface area (Å²) < 4.78 is 34.1. The van der Waals surface area contributed by atoms with E-state index in [1.54, 1.807) is 20.4 Å². The monoisotopic (exact) mass is 429 g/mol. The number of H-pyrrole nitrogens is 1. The van der Waals surface area contributed by atoms with Crippen molar-refractivity contribution in [2.45, 2.75) is 24.7 Å². The van der Waals surface area contributed by atoms with Crippen LogP contribution in [0.1, 0.15) is 16.8 Å². The molecule has 0 spiro atoms. The Morgan fingerprint density at radius 3 is 2.70 bits per heavy atom. The molecule has 1 aliphatic heterocycles. The van der Waals surface area contributed by atoms with Gasteiger partial charge in [-0.25, -0.2) is 18.4 Å². The van der Waals surface area contributed by atoms with Crippen LogP contribution in [-0.2, 0) is 29.3 Å². The quantitative estimate of drug-likeness (QED) is 0.591. The Morgan fingerprint density at radius 1 is 1.17 bits per heavy atom. The zero-order valence-electron chi connectivity index (χ0n) is 17.0. The fraction of sp³-hybridized carbons (Fsp3) is 0.350. The van der Waals surface area contributed by atoms with Gasteiger partial charge in [-0.1, -0.05) is 0 Å². The predicted molar refractivity (Wildman–Crippen MR) is 110 cm³/mol. The van der Waals surface area contributed by atoms with Gasteiger partial charge in [-0.3, -0.25) is 10.00 Å². The van der Waals surface area contributed by atoms with E-state index in [1.165, 1.54) is 0 Å². The Bertz CT molecular complexity index is 1180. The summed E-state index contributed by atoms with van der Waals surface area (Å²) >= 11 is 0. The van der Waals surface area contributed by atoms with Crippen LogP contribution in [0.5, 0.6) is 11.5 Å². The first-order valence-corrected chi connectivity index (χ1v) is 11.3. The minimum absolute atomic E-state index is 0.111. The van der Waals surface area contributed by atoms with Crippen molar-refractivity contribution < 1.29 is 17.9 Å². The smallest absolute Gasteiger partial charge is 0.246 e. The average Bonchev–Trinajstić information content (AvgIpc) is 3.20. The SMILES string of the molecule is COc1ccc(-c2[nH]ncc2CN2CCc3nc(S(C)(=O)=O)ncc3C2)cc1OC. The van der Waals surface area contributed by atoms with Crippen LogP contribution in [0.25, 0.3) is 11.3 Å².